The van der Waals surface area contributed by atoms with E-state index >= 15 is 0 Å². The second-order valence-corrected chi connectivity index (χ2v) is 7.75. The molecule has 1 fully saturated rings. The standard InChI is InChI=1S/C24H27N3O5/c1-29-18-6-4-17(5-7-18)23-25-22(32-26-23)14-16-10-12-27(13-11-16)24(28)20-9-8-19(30-2)15-21(20)31-3/h4-9,15-16H,10-14H2,1-3H3. The number of benzene rings is 2. The summed E-state index contributed by atoms with van der Waals surface area (Å²) in [5.74, 6) is 3.52. The molecule has 0 bridgehead atoms. The monoisotopic (exact) mass is 437 g/mol. The largest absolute Gasteiger partial charge is 0.497 e. The van der Waals surface area contributed by atoms with Crippen LogP contribution in [0.4, 0.5) is 0 Å². The number of aromatic nitrogens is 2. The topological polar surface area (TPSA) is 86.9 Å². The zero-order valence-electron chi connectivity index (χ0n) is 18.5. The number of rotatable bonds is 7. The summed E-state index contributed by atoms with van der Waals surface area (Å²) in [6, 6.07) is 12.8. The second kappa shape index (κ2) is 9.72. The lowest BCUT2D eigenvalue weighted by molar-refractivity contribution is 0.0684. The van der Waals surface area contributed by atoms with E-state index in [4.69, 9.17) is 18.7 Å². The molecule has 2 aromatic carbocycles. The maximum atomic E-state index is 13.0. The van der Waals surface area contributed by atoms with Crippen LogP contribution in [0.1, 0.15) is 29.1 Å². The van der Waals surface area contributed by atoms with Gasteiger partial charge in [-0.2, -0.15) is 4.98 Å². The van der Waals surface area contributed by atoms with E-state index in [-0.39, 0.29) is 5.91 Å². The van der Waals surface area contributed by atoms with E-state index in [1.54, 1.807) is 39.5 Å². The molecule has 8 heteroatoms. The SMILES string of the molecule is COc1ccc(-c2noc(CC3CCN(C(=O)c4ccc(OC)cc4OC)CC3)n2)cc1. The molecule has 0 N–H and O–H groups in total. The molecule has 1 aromatic heterocycles. The van der Waals surface area contributed by atoms with Gasteiger partial charge in [0.25, 0.3) is 5.91 Å². The Kier molecular flexibility index (Phi) is 6.58. The number of hydrogen-bond donors (Lipinski definition) is 0. The summed E-state index contributed by atoms with van der Waals surface area (Å²) in [6.45, 7) is 1.36. The van der Waals surface area contributed by atoms with Gasteiger partial charge in [0, 0.05) is 31.1 Å². The fraction of sp³-hybridized carbons (Fsp3) is 0.375. The van der Waals surface area contributed by atoms with Crippen molar-refractivity contribution in [3.8, 4) is 28.6 Å². The van der Waals surface area contributed by atoms with Gasteiger partial charge in [0.2, 0.25) is 11.7 Å². The first kappa shape index (κ1) is 21.7. The van der Waals surface area contributed by atoms with Crippen molar-refractivity contribution in [1.82, 2.24) is 15.0 Å². The maximum Gasteiger partial charge on any atom is 0.257 e. The predicted octanol–water partition coefficient (Wildman–Crippen LogP) is 3.86. The van der Waals surface area contributed by atoms with Crippen LogP contribution in [0.15, 0.2) is 47.0 Å². The zero-order valence-corrected chi connectivity index (χ0v) is 18.5. The number of carbonyl (C=O) groups excluding carboxylic acids is 1. The molecule has 0 unspecified atom stereocenters. The molecule has 0 saturated carbocycles. The van der Waals surface area contributed by atoms with Gasteiger partial charge >= 0.3 is 0 Å². The number of amides is 1. The molecule has 0 aliphatic carbocycles. The van der Waals surface area contributed by atoms with Crippen LogP contribution in [0.2, 0.25) is 0 Å². The first-order valence-corrected chi connectivity index (χ1v) is 10.6. The third-order valence-corrected chi connectivity index (χ3v) is 5.82. The molecule has 1 amide bonds. The van der Waals surface area contributed by atoms with E-state index < -0.39 is 0 Å². The Labute approximate surface area is 187 Å². The molecule has 168 valence electrons. The molecule has 1 aliphatic heterocycles. The highest BCUT2D eigenvalue weighted by molar-refractivity contribution is 5.97. The van der Waals surface area contributed by atoms with Gasteiger partial charge in [0.15, 0.2) is 0 Å². The molecule has 1 saturated heterocycles. The van der Waals surface area contributed by atoms with Crippen LogP contribution in [0.5, 0.6) is 17.2 Å². The smallest absolute Gasteiger partial charge is 0.257 e. The lowest BCUT2D eigenvalue weighted by atomic mass is 9.93. The lowest BCUT2D eigenvalue weighted by Crippen LogP contribution is -2.39. The lowest BCUT2D eigenvalue weighted by Gasteiger charge is -2.31. The Hall–Kier alpha value is -3.55. The molecule has 0 atom stereocenters. The van der Waals surface area contributed by atoms with E-state index in [0.29, 0.717) is 54.2 Å². The predicted molar refractivity (Wildman–Crippen MR) is 118 cm³/mol. The van der Waals surface area contributed by atoms with Crippen LogP contribution in [0.3, 0.4) is 0 Å². The fourth-order valence-electron chi connectivity index (χ4n) is 3.93. The van der Waals surface area contributed by atoms with Crippen molar-refractivity contribution < 1.29 is 23.5 Å². The van der Waals surface area contributed by atoms with Crippen LogP contribution < -0.4 is 14.2 Å². The highest BCUT2D eigenvalue weighted by Crippen LogP contribution is 2.29. The summed E-state index contributed by atoms with van der Waals surface area (Å²) in [7, 11) is 4.78. The van der Waals surface area contributed by atoms with Crippen LogP contribution in [0, 0.1) is 5.92 Å². The van der Waals surface area contributed by atoms with Gasteiger partial charge in [-0.05, 0) is 55.2 Å². The molecular weight excluding hydrogens is 410 g/mol. The zero-order chi connectivity index (χ0) is 22.5. The third-order valence-electron chi connectivity index (χ3n) is 5.82. The first-order valence-electron chi connectivity index (χ1n) is 10.6. The minimum absolute atomic E-state index is 0.0254. The quantitative estimate of drug-likeness (QED) is 0.555. The molecule has 3 aromatic rings. The molecular formula is C24H27N3O5. The van der Waals surface area contributed by atoms with Crippen LogP contribution in [0.25, 0.3) is 11.4 Å². The van der Waals surface area contributed by atoms with Crippen molar-refractivity contribution in [2.75, 3.05) is 34.4 Å². The minimum atomic E-state index is -0.0254. The van der Waals surface area contributed by atoms with Gasteiger partial charge in [-0.15, -0.1) is 0 Å². The maximum absolute atomic E-state index is 13.0. The average molecular weight is 437 g/mol. The molecule has 0 radical (unpaired) electrons. The van der Waals surface area contributed by atoms with E-state index in [1.807, 2.05) is 29.2 Å². The van der Waals surface area contributed by atoms with Gasteiger partial charge in [0.1, 0.15) is 17.2 Å². The van der Waals surface area contributed by atoms with Crippen molar-refractivity contribution in [2.45, 2.75) is 19.3 Å². The molecule has 8 nitrogen and oxygen atoms in total. The van der Waals surface area contributed by atoms with Crippen LogP contribution in [-0.4, -0.2) is 55.4 Å². The van der Waals surface area contributed by atoms with E-state index in [9.17, 15) is 4.79 Å². The Morgan fingerprint density at radius 2 is 1.69 bits per heavy atom. The minimum Gasteiger partial charge on any atom is -0.497 e. The van der Waals surface area contributed by atoms with Crippen LogP contribution >= 0.6 is 0 Å². The van der Waals surface area contributed by atoms with Gasteiger partial charge in [-0.3, -0.25) is 4.79 Å². The number of piperidine rings is 1. The number of methoxy groups -OCH3 is 3. The summed E-state index contributed by atoms with van der Waals surface area (Å²) < 4.78 is 21.3. The Bertz CT molecular complexity index is 1060. The van der Waals surface area contributed by atoms with Gasteiger partial charge < -0.3 is 23.6 Å². The van der Waals surface area contributed by atoms with Crippen molar-refractivity contribution in [1.29, 1.82) is 0 Å². The number of nitrogens with zero attached hydrogens (tertiary/aromatic N) is 3. The molecule has 32 heavy (non-hydrogen) atoms. The number of ether oxygens (including phenoxy) is 3. The Balaban J connectivity index is 1.34. The summed E-state index contributed by atoms with van der Waals surface area (Å²) in [5.41, 5.74) is 1.43. The summed E-state index contributed by atoms with van der Waals surface area (Å²) in [5, 5.41) is 4.11. The fourth-order valence-corrected chi connectivity index (χ4v) is 3.93. The number of likely N-dealkylation sites (tertiary alicyclic amines) is 1. The van der Waals surface area contributed by atoms with E-state index in [1.165, 1.54) is 0 Å². The number of hydrogen-bond acceptors (Lipinski definition) is 7. The van der Waals surface area contributed by atoms with Crippen LogP contribution in [-0.2, 0) is 6.42 Å². The summed E-state index contributed by atoms with van der Waals surface area (Å²) in [6.07, 6.45) is 2.46. The van der Waals surface area contributed by atoms with Gasteiger partial charge in [-0.25, -0.2) is 0 Å². The molecule has 4 rings (SSSR count). The van der Waals surface area contributed by atoms with E-state index in [0.717, 1.165) is 24.2 Å². The molecule has 0 spiro atoms. The van der Waals surface area contributed by atoms with Crippen molar-refractivity contribution >= 4 is 5.91 Å². The normalized spacial score (nSPS) is 14.3. The number of carbonyl (C=O) groups is 1. The first-order chi connectivity index (χ1) is 15.6. The Morgan fingerprint density at radius 1 is 1.00 bits per heavy atom. The molecule has 2 heterocycles. The van der Waals surface area contributed by atoms with Crippen molar-refractivity contribution in [3.63, 3.8) is 0 Å². The van der Waals surface area contributed by atoms with Gasteiger partial charge in [-0.1, -0.05) is 5.16 Å². The highest BCUT2D eigenvalue weighted by atomic mass is 16.5. The van der Waals surface area contributed by atoms with Crippen molar-refractivity contribution in [3.05, 3.63) is 53.9 Å². The summed E-state index contributed by atoms with van der Waals surface area (Å²) in [4.78, 5) is 19.4. The highest BCUT2D eigenvalue weighted by Gasteiger charge is 2.27. The summed E-state index contributed by atoms with van der Waals surface area (Å²) >= 11 is 0. The molecule has 1 aliphatic rings. The van der Waals surface area contributed by atoms with E-state index in [2.05, 4.69) is 10.1 Å². The Morgan fingerprint density at radius 3 is 2.34 bits per heavy atom. The van der Waals surface area contributed by atoms with Gasteiger partial charge in [0.05, 0.1) is 26.9 Å². The average Bonchev–Trinajstić information content (AvgIpc) is 3.32. The third kappa shape index (κ3) is 4.69. The van der Waals surface area contributed by atoms with Crippen molar-refractivity contribution in [2.24, 2.45) is 5.92 Å². The second-order valence-electron chi connectivity index (χ2n) is 7.75.